The lowest BCUT2D eigenvalue weighted by atomic mass is 10.1. The third kappa shape index (κ3) is 6.95. The van der Waals surface area contributed by atoms with Crippen molar-refractivity contribution in [1.29, 1.82) is 0 Å². The zero-order valence-electron chi connectivity index (χ0n) is 20.7. The summed E-state index contributed by atoms with van der Waals surface area (Å²) < 4.78 is 0. The maximum atomic E-state index is 13.0. The van der Waals surface area contributed by atoms with Gasteiger partial charge in [-0.25, -0.2) is 5.43 Å². The summed E-state index contributed by atoms with van der Waals surface area (Å²) in [5, 5.41) is 29.7. The van der Waals surface area contributed by atoms with Crippen LogP contribution in [0.25, 0.3) is 6.08 Å². The number of rotatable bonds is 10. The molecule has 0 aliphatic heterocycles. The van der Waals surface area contributed by atoms with E-state index in [0.717, 1.165) is 31.1 Å². The van der Waals surface area contributed by atoms with E-state index in [1.54, 1.807) is 30.3 Å². The Hall–Kier alpha value is -4.70. The van der Waals surface area contributed by atoms with Gasteiger partial charge in [0.2, 0.25) is 0 Å². The summed E-state index contributed by atoms with van der Waals surface area (Å²) in [6, 6.07) is 17.5. The number of carbonyl (C=O) groups is 2. The minimum absolute atomic E-state index is 0.0860. The van der Waals surface area contributed by atoms with Crippen molar-refractivity contribution in [3.05, 3.63) is 104 Å². The molecule has 2 amide bonds. The predicted molar refractivity (Wildman–Crippen MR) is 145 cm³/mol. The van der Waals surface area contributed by atoms with Gasteiger partial charge in [-0.05, 0) is 61.1 Å². The minimum atomic E-state index is -0.841. The minimum Gasteiger partial charge on any atom is -0.867 e. The Morgan fingerprint density at radius 1 is 1.03 bits per heavy atom. The third-order valence-electron chi connectivity index (χ3n) is 5.54. The number of nitrogens with zero attached hydrogens (tertiary/aromatic N) is 3. The molecule has 0 aliphatic carbocycles. The fraction of sp³-hybridized carbons (Fsp3) is 0.148. The number of nitro groups is 1. The molecule has 0 radical (unpaired) electrons. The number of hydrogen-bond acceptors (Lipinski definition) is 7. The Kier molecular flexibility index (Phi) is 9.55. The highest BCUT2D eigenvalue weighted by Crippen LogP contribution is 2.25. The van der Waals surface area contributed by atoms with Crippen molar-refractivity contribution in [2.75, 3.05) is 18.0 Å². The molecule has 0 aliphatic rings. The molecule has 0 saturated heterocycles. The van der Waals surface area contributed by atoms with Crippen LogP contribution in [0.2, 0.25) is 5.02 Å². The summed E-state index contributed by atoms with van der Waals surface area (Å²) >= 11 is 6.13. The Balaban J connectivity index is 1.88. The van der Waals surface area contributed by atoms with E-state index in [1.807, 2.05) is 26.0 Å². The van der Waals surface area contributed by atoms with Gasteiger partial charge >= 0.3 is 0 Å². The molecule has 0 heterocycles. The van der Waals surface area contributed by atoms with E-state index in [4.69, 9.17) is 11.6 Å². The lowest BCUT2D eigenvalue weighted by Gasteiger charge is -2.21. The number of nitro benzene ring substituents is 1. The van der Waals surface area contributed by atoms with Gasteiger partial charge in [0, 0.05) is 24.8 Å². The monoisotopic (exact) mass is 534 g/mol. The second kappa shape index (κ2) is 13.0. The standard InChI is InChI=1S/C27H26ClN5O5/c1-3-32(4-2)20-14-12-18(13-15-20)16-23(30-26(35)21-9-5-6-10-22(21)28)27(36)31-29-17-19-8-7-11-24(25(19)34)33(37)38/h5-17,34H,3-4H2,1-2H3,(H,30,35)(H,31,36)/p-1/b23-16-,29-17?. The first kappa shape index (κ1) is 27.9. The van der Waals surface area contributed by atoms with Crippen LogP contribution in [-0.2, 0) is 4.79 Å². The van der Waals surface area contributed by atoms with Crippen molar-refractivity contribution in [2.45, 2.75) is 13.8 Å². The summed E-state index contributed by atoms with van der Waals surface area (Å²) in [6.07, 6.45) is 2.47. The van der Waals surface area contributed by atoms with Crippen molar-refractivity contribution in [2.24, 2.45) is 5.10 Å². The van der Waals surface area contributed by atoms with E-state index in [1.165, 1.54) is 24.3 Å². The van der Waals surface area contributed by atoms with Gasteiger partial charge in [0.15, 0.2) is 0 Å². The van der Waals surface area contributed by atoms with Crippen LogP contribution >= 0.6 is 11.6 Å². The lowest BCUT2D eigenvalue weighted by Crippen LogP contribution is -2.33. The fourth-order valence-electron chi connectivity index (χ4n) is 3.54. The second-order valence-corrected chi connectivity index (χ2v) is 8.31. The number of halogens is 1. The number of anilines is 1. The van der Waals surface area contributed by atoms with Crippen LogP contribution in [0.5, 0.6) is 5.75 Å². The van der Waals surface area contributed by atoms with Gasteiger partial charge in [-0.2, -0.15) is 5.10 Å². The average molecular weight is 535 g/mol. The van der Waals surface area contributed by atoms with Crippen LogP contribution in [0.4, 0.5) is 11.4 Å². The maximum Gasteiger partial charge on any atom is 0.287 e. The van der Waals surface area contributed by atoms with E-state index < -0.39 is 28.2 Å². The highest BCUT2D eigenvalue weighted by atomic mass is 35.5. The van der Waals surface area contributed by atoms with Crippen molar-refractivity contribution in [3.8, 4) is 5.75 Å². The van der Waals surface area contributed by atoms with E-state index in [0.29, 0.717) is 5.56 Å². The summed E-state index contributed by atoms with van der Waals surface area (Å²) in [4.78, 5) is 38.2. The SMILES string of the molecule is CCN(CC)c1ccc(/C=C(\NC(=O)c2ccccc2Cl)C(=O)NN=Cc2cccc([N+](=O)[O-])c2[O-])cc1. The molecule has 11 heteroatoms. The smallest absolute Gasteiger partial charge is 0.287 e. The molecule has 0 spiro atoms. The molecule has 0 unspecified atom stereocenters. The Labute approximate surface area is 224 Å². The Morgan fingerprint density at radius 3 is 2.34 bits per heavy atom. The molecule has 0 saturated carbocycles. The molecule has 38 heavy (non-hydrogen) atoms. The number of para-hydroxylation sites is 1. The van der Waals surface area contributed by atoms with E-state index in [2.05, 4.69) is 20.7 Å². The largest absolute Gasteiger partial charge is 0.867 e. The van der Waals surface area contributed by atoms with Gasteiger partial charge in [-0.1, -0.05) is 48.0 Å². The van der Waals surface area contributed by atoms with Crippen molar-refractivity contribution < 1.29 is 19.6 Å². The van der Waals surface area contributed by atoms with Gasteiger partial charge in [0.1, 0.15) is 5.70 Å². The van der Waals surface area contributed by atoms with Crippen LogP contribution in [0.3, 0.4) is 0 Å². The first-order valence-electron chi connectivity index (χ1n) is 11.7. The van der Waals surface area contributed by atoms with Gasteiger partial charge in [-0.15, -0.1) is 0 Å². The number of amides is 2. The first-order chi connectivity index (χ1) is 18.2. The molecule has 0 atom stereocenters. The van der Waals surface area contributed by atoms with Crippen molar-refractivity contribution in [1.82, 2.24) is 10.7 Å². The number of benzene rings is 3. The zero-order chi connectivity index (χ0) is 27.7. The molecule has 3 rings (SSSR count). The highest BCUT2D eigenvalue weighted by Gasteiger charge is 2.16. The number of nitrogens with one attached hydrogen (secondary N) is 2. The van der Waals surface area contributed by atoms with Crippen LogP contribution in [0, 0.1) is 10.1 Å². The first-order valence-corrected chi connectivity index (χ1v) is 12.0. The van der Waals surface area contributed by atoms with Gasteiger partial charge < -0.3 is 15.3 Å². The molecule has 196 valence electrons. The third-order valence-corrected chi connectivity index (χ3v) is 5.86. The Bertz CT molecular complexity index is 1380. The van der Waals surface area contributed by atoms with Gasteiger partial charge in [0.05, 0.1) is 21.7 Å². The summed E-state index contributed by atoms with van der Waals surface area (Å²) in [7, 11) is 0. The molecule has 3 aromatic carbocycles. The summed E-state index contributed by atoms with van der Waals surface area (Å²) in [5.74, 6) is -2.24. The topological polar surface area (TPSA) is 140 Å². The van der Waals surface area contributed by atoms with Gasteiger partial charge in [0.25, 0.3) is 17.5 Å². The van der Waals surface area contributed by atoms with E-state index in [-0.39, 0.29) is 21.8 Å². The molecule has 3 aromatic rings. The van der Waals surface area contributed by atoms with E-state index >= 15 is 0 Å². The highest BCUT2D eigenvalue weighted by molar-refractivity contribution is 6.34. The summed E-state index contributed by atoms with van der Waals surface area (Å²) in [5.41, 5.74) is 3.22. The predicted octanol–water partition coefficient (Wildman–Crippen LogP) is 4.09. The number of hydrogen-bond donors (Lipinski definition) is 2. The van der Waals surface area contributed by atoms with Gasteiger partial charge in [-0.3, -0.25) is 19.7 Å². The molecule has 0 aromatic heterocycles. The zero-order valence-corrected chi connectivity index (χ0v) is 21.4. The van der Waals surface area contributed by atoms with Crippen LogP contribution in [0.15, 0.2) is 77.5 Å². The average Bonchev–Trinajstić information content (AvgIpc) is 2.90. The van der Waals surface area contributed by atoms with Crippen LogP contribution in [0.1, 0.15) is 35.3 Å². The Morgan fingerprint density at radius 2 is 1.71 bits per heavy atom. The van der Waals surface area contributed by atoms with Crippen molar-refractivity contribution in [3.63, 3.8) is 0 Å². The van der Waals surface area contributed by atoms with E-state index in [9.17, 15) is 24.8 Å². The molecule has 0 bridgehead atoms. The van der Waals surface area contributed by atoms with Crippen LogP contribution < -0.4 is 20.7 Å². The quantitative estimate of drug-likeness (QED) is 0.174. The van der Waals surface area contributed by atoms with Crippen molar-refractivity contribution >= 4 is 47.1 Å². The summed E-state index contributed by atoms with van der Waals surface area (Å²) in [6.45, 7) is 5.77. The lowest BCUT2D eigenvalue weighted by molar-refractivity contribution is -0.398. The number of carbonyl (C=O) groups excluding carboxylic acids is 2. The molecule has 0 fully saturated rings. The molecule has 2 N–H and O–H groups in total. The number of hydrazone groups is 1. The molecular weight excluding hydrogens is 510 g/mol. The molecule has 10 nitrogen and oxygen atoms in total. The van der Waals surface area contributed by atoms with Crippen LogP contribution in [-0.4, -0.2) is 36.0 Å². The molecular formula is C27H25ClN5O5-. The fourth-order valence-corrected chi connectivity index (χ4v) is 3.76. The second-order valence-electron chi connectivity index (χ2n) is 7.91. The normalized spacial score (nSPS) is 11.3. The maximum absolute atomic E-state index is 13.0.